The number of nitrogens with one attached hydrogen (secondary N) is 1. The van der Waals surface area contributed by atoms with Crippen molar-refractivity contribution in [3.63, 3.8) is 0 Å². The summed E-state index contributed by atoms with van der Waals surface area (Å²) in [6.45, 7) is 5.76. The van der Waals surface area contributed by atoms with Crippen molar-refractivity contribution in [2.45, 2.75) is 20.8 Å². The Labute approximate surface area is 131 Å². The van der Waals surface area contributed by atoms with Gasteiger partial charge < -0.3 is 4.42 Å². The maximum absolute atomic E-state index is 12.1. The van der Waals surface area contributed by atoms with Crippen LogP contribution < -0.4 is 5.32 Å². The maximum Gasteiger partial charge on any atom is 0.322 e. The zero-order chi connectivity index (χ0) is 15.7. The van der Waals surface area contributed by atoms with Gasteiger partial charge >= 0.3 is 6.01 Å². The summed E-state index contributed by atoms with van der Waals surface area (Å²) < 4.78 is 5.50. The molecule has 22 heavy (non-hydrogen) atoms. The molecule has 0 atom stereocenters. The molecule has 0 aliphatic heterocycles. The molecule has 0 aliphatic carbocycles. The molecule has 3 aromatic rings. The van der Waals surface area contributed by atoms with E-state index in [-0.39, 0.29) is 11.9 Å². The van der Waals surface area contributed by atoms with Crippen LogP contribution in [0, 0.1) is 20.8 Å². The first-order valence-corrected chi connectivity index (χ1v) is 7.50. The molecule has 1 amide bonds. The van der Waals surface area contributed by atoms with Gasteiger partial charge in [0, 0.05) is 5.56 Å². The van der Waals surface area contributed by atoms with Crippen molar-refractivity contribution < 1.29 is 9.21 Å². The Morgan fingerprint density at radius 3 is 2.50 bits per heavy atom. The van der Waals surface area contributed by atoms with E-state index in [0.717, 1.165) is 21.1 Å². The molecule has 6 nitrogen and oxygen atoms in total. The van der Waals surface area contributed by atoms with E-state index in [1.807, 2.05) is 32.9 Å². The van der Waals surface area contributed by atoms with Gasteiger partial charge in [0.2, 0.25) is 0 Å². The van der Waals surface area contributed by atoms with E-state index in [9.17, 15) is 4.79 Å². The van der Waals surface area contributed by atoms with Crippen LogP contribution in [0.4, 0.5) is 6.01 Å². The summed E-state index contributed by atoms with van der Waals surface area (Å²) >= 11 is 1.48. The Morgan fingerprint density at radius 2 is 1.86 bits per heavy atom. The Kier molecular flexibility index (Phi) is 3.72. The zero-order valence-electron chi connectivity index (χ0n) is 12.4. The van der Waals surface area contributed by atoms with Crippen molar-refractivity contribution in [2.24, 2.45) is 0 Å². The number of hydrogen-bond donors (Lipinski definition) is 1. The normalized spacial score (nSPS) is 10.7. The number of aromatic nitrogens is 3. The minimum Gasteiger partial charge on any atom is -0.402 e. The number of amides is 1. The van der Waals surface area contributed by atoms with Crippen molar-refractivity contribution in [2.75, 3.05) is 5.32 Å². The Hall–Kier alpha value is -2.54. The first kappa shape index (κ1) is 14.4. The van der Waals surface area contributed by atoms with Gasteiger partial charge in [-0.05, 0) is 32.9 Å². The van der Waals surface area contributed by atoms with Gasteiger partial charge in [-0.15, -0.1) is 16.4 Å². The predicted octanol–water partition coefficient (Wildman–Crippen LogP) is 3.37. The van der Waals surface area contributed by atoms with Crippen LogP contribution in [0.2, 0.25) is 0 Å². The number of carbonyl (C=O) groups is 1. The molecular weight excluding hydrogens is 300 g/mol. The number of hydrogen-bond acceptors (Lipinski definition) is 6. The lowest BCUT2D eigenvalue weighted by Crippen LogP contribution is -2.11. The third-order valence-electron chi connectivity index (χ3n) is 3.06. The number of nitrogens with zero attached hydrogens (tertiary/aromatic N) is 3. The van der Waals surface area contributed by atoms with E-state index < -0.39 is 0 Å². The number of anilines is 1. The number of benzene rings is 1. The second-order valence-corrected chi connectivity index (χ2v) is 6.08. The summed E-state index contributed by atoms with van der Waals surface area (Å²) in [6.07, 6.45) is 0. The monoisotopic (exact) mass is 314 g/mol. The zero-order valence-corrected chi connectivity index (χ0v) is 13.2. The molecule has 0 aliphatic rings. The third kappa shape index (κ3) is 2.89. The highest BCUT2D eigenvalue weighted by molar-refractivity contribution is 7.15. The minimum atomic E-state index is -0.285. The lowest BCUT2D eigenvalue weighted by molar-refractivity contribution is 0.102. The van der Waals surface area contributed by atoms with E-state index >= 15 is 0 Å². The van der Waals surface area contributed by atoms with Crippen LogP contribution in [0.15, 0.2) is 28.7 Å². The van der Waals surface area contributed by atoms with Gasteiger partial charge in [-0.3, -0.25) is 10.1 Å². The molecule has 2 aromatic heterocycles. The summed E-state index contributed by atoms with van der Waals surface area (Å²) in [5, 5.41) is 11.3. The highest BCUT2D eigenvalue weighted by atomic mass is 32.1. The van der Waals surface area contributed by atoms with E-state index in [1.165, 1.54) is 11.3 Å². The van der Waals surface area contributed by atoms with Crippen LogP contribution in [0.1, 0.15) is 26.6 Å². The van der Waals surface area contributed by atoms with E-state index in [0.29, 0.717) is 11.5 Å². The van der Waals surface area contributed by atoms with Gasteiger partial charge in [0.05, 0.1) is 10.7 Å². The van der Waals surface area contributed by atoms with Crippen LogP contribution in [0.3, 0.4) is 0 Å². The fourth-order valence-corrected chi connectivity index (χ4v) is 2.81. The van der Waals surface area contributed by atoms with Gasteiger partial charge in [0.1, 0.15) is 4.88 Å². The molecule has 0 fully saturated rings. The summed E-state index contributed by atoms with van der Waals surface area (Å²) in [7, 11) is 0. The Morgan fingerprint density at radius 1 is 1.14 bits per heavy atom. The van der Waals surface area contributed by atoms with Crippen molar-refractivity contribution in [1.29, 1.82) is 0 Å². The summed E-state index contributed by atoms with van der Waals surface area (Å²) in [4.78, 5) is 17.2. The van der Waals surface area contributed by atoms with Crippen LogP contribution >= 0.6 is 11.3 Å². The van der Waals surface area contributed by atoms with Crippen LogP contribution in [-0.2, 0) is 0 Å². The molecule has 1 N–H and O–H groups in total. The average Bonchev–Trinajstić information content (AvgIpc) is 3.06. The summed E-state index contributed by atoms with van der Waals surface area (Å²) in [6, 6.07) is 7.32. The lowest BCUT2D eigenvalue weighted by Gasteiger charge is -2.00. The minimum absolute atomic E-state index is 0.0750. The van der Waals surface area contributed by atoms with E-state index in [1.54, 1.807) is 12.1 Å². The number of carbonyl (C=O) groups excluding carboxylic acids is 1. The van der Waals surface area contributed by atoms with Gasteiger partial charge in [-0.25, -0.2) is 4.98 Å². The van der Waals surface area contributed by atoms with Crippen molar-refractivity contribution in [1.82, 2.24) is 15.2 Å². The molecule has 7 heteroatoms. The molecule has 112 valence electrons. The molecule has 0 bridgehead atoms. The molecule has 2 heterocycles. The quantitative estimate of drug-likeness (QED) is 0.801. The number of rotatable bonds is 3. The van der Waals surface area contributed by atoms with Crippen LogP contribution in [-0.4, -0.2) is 21.1 Å². The molecule has 1 aromatic carbocycles. The summed E-state index contributed by atoms with van der Waals surface area (Å²) in [5.41, 5.74) is 2.46. The highest BCUT2D eigenvalue weighted by Gasteiger charge is 2.16. The first-order chi connectivity index (χ1) is 10.5. The second kappa shape index (κ2) is 5.69. The fourth-order valence-electron chi connectivity index (χ4n) is 1.97. The SMILES string of the molecule is Cc1ccc(C(=O)Nc2nnc(-c3sc(C)nc3C)o2)cc1. The number of thiazole rings is 1. The maximum atomic E-state index is 12.1. The largest absolute Gasteiger partial charge is 0.402 e. The predicted molar refractivity (Wildman–Crippen MR) is 84.0 cm³/mol. The smallest absolute Gasteiger partial charge is 0.322 e. The summed E-state index contributed by atoms with van der Waals surface area (Å²) in [5.74, 6) is 0.0784. The molecule has 0 saturated heterocycles. The van der Waals surface area contributed by atoms with Gasteiger partial charge in [-0.1, -0.05) is 22.8 Å². The van der Waals surface area contributed by atoms with Gasteiger partial charge in [0.15, 0.2) is 0 Å². The molecule has 3 rings (SSSR count). The Bertz CT molecular complexity index is 820. The Balaban J connectivity index is 1.78. The van der Waals surface area contributed by atoms with Crippen molar-refractivity contribution in [3.05, 3.63) is 46.1 Å². The average molecular weight is 314 g/mol. The lowest BCUT2D eigenvalue weighted by atomic mass is 10.1. The topological polar surface area (TPSA) is 80.9 Å². The molecule has 0 saturated carbocycles. The second-order valence-electron chi connectivity index (χ2n) is 4.88. The standard InChI is InChI=1S/C15H14N4O2S/c1-8-4-6-11(7-5-8)13(20)17-15-19-18-14(21-15)12-9(2)16-10(3)22-12/h4-7H,1-3H3,(H,17,19,20). The highest BCUT2D eigenvalue weighted by Crippen LogP contribution is 2.29. The van der Waals surface area contributed by atoms with E-state index in [4.69, 9.17) is 4.42 Å². The van der Waals surface area contributed by atoms with Crippen LogP contribution in [0.25, 0.3) is 10.8 Å². The third-order valence-corrected chi connectivity index (χ3v) is 4.12. The van der Waals surface area contributed by atoms with Gasteiger partial charge in [-0.2, -0.15) is 0 Å². The number of aryl methyl sites for hydroxylation is 3. The van der Waals surface area contributed by atoms with Crippen LogP contribution in [0.5, 0.6) is 0 Å². The van der Waals surface area contributed by atoms with E-state index in [2.05, 4.69) is 20.5 Å². The van der Waals surface area contributed by atoms with Crippen molar-refractivity contribution in [3.8, 4) is 10.8 Å². The molecular formula is C15H14N4O2S. The van der Waals surface area contributed by atoms with Crippen molar-refractivity contribution >= 4 is 23.3 Å². The first-order valence-electron chi connectivity index (χ1n) is 6.69. The molecule has 0 unspecified atom stereocenters. The fraction of sp³-hybridized carbons (Fsp3) is 0.200. The molecule has 0 spiro atoms. The van der Waals surface area contributed by atoms with Gasteiger partial charge in [0.25, 0.3) is 11.8 Å². The molecule has 0 radical (unpaired) electrons.